The summed E-state index contributed by atoms with van der Waals surface area (Å²) in [6.07, 6.45) is 0. The van der Waals surface area contributed by atoms with Gasteiger partial charge in [0, 0.05) is 27.5 Å². The van der Waals surface area contributed by atoms with Crippen LogP contribution in [0.3, 0.4) is 0 Å². The van der Waals surface area contributed by atoms with Crippen LogP contribution in [0.2, 0.25) is 0 Å². The minimum absolute atomic E-state index is 0.419. The van der Waals surface area contributed by atoms with Gasteiger partial charge in [-0.1, -0.05) is 176 Å². The van der Waals surface area contributed by atoms with Gasteiger partial charge in [-0.2, -0.15) is 5.26 Å². The standard InChI is InChI=1S/C46H33N4P/c47-34-44-45(39-20-10-3-11-21-39)48-51(42-22-12-4-13-23-42,43-24-14-5-15-25-43)49-46(44)50(40-30-26-37(27-31-40)35-16-6-1-7-17-35)41-32-28-38(29-33-41)36-18-8-2-9-19-36/h1-33H. The van der Waals surface area contributed by atoms with Crippen LogP contribution in [0.25, 0.3) is 22.3 Å². The van der Waals surface area contributed by atoms with Crippen LogP contribution in [0, 0.1) is 11.3 Å². The molecular weight excluding hydrogens is 640 g/mol. The third-order valence-electron chi connectivity index (χ3n) is 9.01. The average Bonchev–Trinajstić information content (AvgIpc) is 3.23. The smallest absolute Gasteiger partial charge is 0.159 e. The lowest BCUT2D eigenvalue weighted by atomic mass is 10.0. The molecule has 0 spiro atoms. The molecule has 0 unspecified atom stereocenters. The maximum absolute atomic E-state index is 11.1. The first-order valence-corrected chi connectivity index (χ1v) is 18.6. The van der Waals surface area contributed by atoms with Crippen molar-refractivity contribution in [3.05, 3.63) is 217 Å². The topological polar surface area (TPSA) is 51.8 Å². The lowest BCUT2D eigenvalue weighted by Crippen LogP contribution is -2.26. The molecule has 7 aromatic rings. The molecule has 8 rings (SSSR count). The highest BCUT2D eigenvalue weighted by Crippen LogP contribution is 2.55. The second-order valence-electron chi connectivity index (χ2n) is 12.2. The zero-order chi connectivity index (χ0) is 34.5. The molecule has 242 valence electrons. The van der Waals surface area contributed by atoms with Gasteiger partial charge in [-0.25, -0.2) is 9.51 Å². The SMILES string of the molecule is N#CC1=C(N(c2ccc(-c3ccccc3)cc2)c2ccc(-c3ccccc3)cc2)N=P(c2ccccc2)(c2ccccc2)N=C1c1ccccc1. The number of allylic oxidation sites excluding steroid dienone is 1. The van der Waals surface area contributed by atoms with Gasteiger partial charge in [0.05, 0.1) is 5.71 Å². The van der Waals surface area contributed by atoms with Crippen molar-refractivity contribution in [1.82, 2.24) is 0 Å². The fourth-order valence-corrected chi connectivity index (χ4v) is 9.43. The van der Waals surface area contributed by atoms with E-state index in [1.165, 1.54) is 0 Å². The fourth-order valence-electron chi connectivity index (χ4n) is 6.48. The Morgan fingerprint density at radius 3 is 1.16 bits per heavy atom. The van der Waals surface area contributed by atoms with Crippen molar-refractivity contribution < 1.29 is 0 Å². The predicted octanol–water partition coefficient (Wildman–Crippen LogP) is 11.2. The first-order chi connectivity index (χ1) is 25.2. The van der Waals surface area contributed by atoms with Gasteiger partial charge in [0.15, 0.2) is 5.82 Å². The first-order valence-electron chi connectivity index (χ1n) is 16.9. The molecule has 0 amide bonds. The zero-order valence-electron chi connectivity index (χ0n) is 27.8. The first kappa shape index (κ1) is 31.7. The molecular formula is C46H33N4P. The molecule has 1 aliphatic heterocycles. The molecule has 51 heavy (non-hydrogen) atoms. The lowest BCUT2D eigenvalue weighted by Gasteiger charge is -2.33. The Labute approximate surface area is 299 Å². The summed E-state index contributed by atoms with van der Waals surface area (Å²) in [5.74, 6) is 0.562. The molecule has 0 saturated carbocycles. The van der Waals surface area contributed by atoms with Crippen LogP contribution in [-0.4, -0.2) is 5.71 Å². The van der Waals surface area contributed by atoms with E-state index in [4.69, 9.17) is 9.51 Å². The third-order valence-corrected chi connectivity index (χ3v) is 12.0. The quantitative estimate of drug-likeness (QED) is 0.151. The molecule has 5 heteroatoms. The molecule has 1 aliphatic rings. The number of hydrogen-bond acceptors (Lipinski definition) is 4. The highest BCUT2D eigenvalue weighted by atomic mass is 31.2. The summed E-state index contributed by atoms with van der Waals surface area (Å²) in [5, 5.41) is 13.1. The summed E-state index contributed by atoms with van der Waals surface area (Å²) in [6.45, 7) is 0. The predicted molar refractivity (Wildman–Crippen MR) is 213 cm³/mol. The van der Waals surface area contributed by atoms with Gasteiger partial charge >= 0.3 is 0 Å². The summed E-state index contributed by atoms with van der Waals surface area (Å²) < 4.78 is 11.3. The Balaban J connectivity index is 1.42. The van der Waals surface area contributed by atoms with Gasteiger partial charge in [-0.05, 0) is 46.5 Å². The molecule has 0 radical (unpaired) electrons. The van der Waals surface area contributed by atoms with Crippen LogP contribution >= 0.6 is 7.21 Å². The average molecular weight is 673 g/mol. The van der Waals surface area contributed by atoms with Crippen LogP contribution in [-0.2, 0) is 0 Å². The second-order valence-corrected chi connectivity index (χ2v) is 14.8. The van der Waals surface area contributed by atoms with Crippen molar-refractivity contribution in [1.29, 1.82) is 5.26 Å². The fraction of sp³-hybridized carbons (Fsp3) is 0. The molecule has 4 nitrogen and oxygen atoms in total. The Hall–Kier alpha value is -6.53. The zero-order valence-corrected chi connectivity index (χ0v) is 28.7. The van der Waals surface area contributed by atoms with Gasteiger partial charge in [0.1, 0.15) is 18.8 Å². The maximum Gasteiger partial charge on any atom is 0.159 e. The van der Waals surface area contributed by atoms with Crippen molar-refractivity contribution in [3.8, 4) is 28.3 Å². The van der Waals surface area contributed by atoms with E-state index < -0.39 is 7.21 Å². The molecule has 0 bridgehead atoms. The lowest BCUT2D eigenvalue weighted by molar-refractivity contribution is 1.11. The van der Waals surface area contributed by atoms with Crippen LogP contribution in [0.15, 0.2) is 221 Å². The van der Waals surface area contributed by atoms with E-state index in [9.17, 15) is 5.26 Å². The number of benzene rings is 7. The Bertz CT molecular complexity index is 2310. The minimum atomic E-state index is -2.87. The normalized spacial score (nSPS) is 13.4. The van der Waals surface area contributed by atoms with Gasteiger partial charge in [-0.15, -0.1) is 0 Å². The van der Waals surface area contributed by atoms with E-state index in [0.717, 1.165) is 49.8 Å². The van der Waals surface area contributed by atoms with Crippen molar-refractivity contribution in [2.24, 2.45) is 9.51 Å². The molecule has 0 aromatic heterocycles. The molecule has 0 fully saturated rings. The Kier molecular flexibility index (Phi) is 8.79. The van der Waals surface area contributed by atoms with Crippen LogP contribution in [0.5, 0.6) is 0 Å². The molecule has 1 heterocycles. The van der Waals surface area contributed by atoms with E-state index in [-0.39, 0.29) is 0 Å². The van der Waals surface area contributed by atoms with Crippen molar-refractivity contribution >= 4 is 34.9 Å². The van der Waals surface area contributed by atoms with E-state index in [1.54, 1.807) is 0 Å². The number of nitriles is 1. The third kappa shape index (κ3) is 6.24. The number of anilines is 2. The summed E-state index contributed by atoms with van der Waals surface area (Å²) >= 11 is 0. The minimum Gasteiger partial charge on any atom is -0.294 e. The van der Waals surface area contributed by atoms with E-state index >= 15 is 0 Å². The number of nitrogens with zero attached hydrogens (tertiary/aromatic N) is 4. The molecule has 7 aromatic carbocycles. The van der Waals surface area contributed by atoms with Crippen molar-refractivity contribution in [2.75, 3.05) is 4.90 Å². The van der Waals surface area contributed by atoms with E-state index in [2.05, 4.69) is 132 Å². The number of hydrogen-bond donors (Lipinski definition) is 0. The van der Waals surface area contributed by atoms with Crippen LogP contribution in [0.1, 0.15) is 5.56 Å². The highest BCUT2D eigenvalue weighted by molar-refractivity contribution is 7.80. The Morgan fingerprint density at radius 2 is 0.765 bits per heavy atom. The van der Waals surface area contributed by atoms with E-state index in [1.807, 2.05) is 78.9 Å². The summed E-state index contributed by atoms with van der Waals surface area (Å²) in [4.78, 5) is 2.13. The maximum atomic E-state index is 11.1. The van der Waals surface area contributed by atoms with E-state index in [0.29, 0.717) is 17.1 Å². The molecule has 0 atom stereocenters. The van der Waals surface area contributed by atoms with Gasteiger partial charge in [-0.3, -0.25) is 4.90 Å². The second kappa shape index (κ2) is 14.1. The largest absolute Gasteiger partial charge is 0.294 e. The monoisotopic (exact) mass is 672 g/mol. The van der Waals surface area contributed by atoms with Gasteiger partial charge in [0.2, 0.25) is 0 Å². The van der Waals surface area contributed by atoms with Crippen molar-refractivity contribution in [2.45, 2.75) is 0 Å². The summed E-state index contributed by atoms with van der Waals surface area (Å²) in [7, 11) is -2.87. The van der Waals surface area contributed by atoms with Crippen LogP contribution in [0.4, 0.5) is 11.4 Å². The molecule has 0 saturated heterocycles. The van der Waals surface area contributed by atoms with Gasteiger partial charge < -0.3 is 0 Å². The van der Waals surface area contributed by atoms with Crippen molar-refractivity contribution in [3.63, 3.8) is 0 Å². The van der Waals surface area contributed by atoms with Crippen LogP contribution < -0.4 is 15.5 Å². The van der Waals surface area contributed by atoms with Gasteiger partial charge in [0.25, 0.3) is 0 Å². The highest BCUT2D eigenvalue weighted by Gasteiger charge is 2.35. The molecule has 0 aliphatic carbocycles. The summed E-state index contributed by atoms with van der Waals surface area (Å²) in [5.41, 5.74) is 8.20. The molecule has 0 N–H and O–H groups in total. The number of rotatable bonds is 8. The summed E-state index contributed by atoms with van der Waals surface area (Å²) in [6, 6.07) is 70.9. The Morgan fingerprint density at radius 1 is 0.412 bits per heavy atom.